The molecule has 0 aliphatic carbocycles. The molecule has 0 N–H and O–H groups in total. The lowest BCUT2D eigenvalue weighted by Crippen LogP contribution is -2.10. The number of aromatic nitrogens is 2. The van der Waals surface area contributed by atoms with Crippen molar-refractivity contribution in [3.8, 4) is 67.3 Å². The van der Waals surface area contributed by atoms with E-state index in [1.807, 2.05) is 0 Å². The van der Waals surface area contributed by atoms with Gasteiger partial charge in [-0.25, -0.2) is 0 Å². The van der Waals surface area contributed by atoms with E-state index < -0.39 is 0 Å². The molecule has 16 aromatic rings. The summed E-state index contributed by atoms with van der Waals surface area (Å²) in [5, 5.41) is 7.15. The van der Waals surface area contributed by atoms with Crippen molar-refractivity contribution < 1.29 is 0 Å². The first-order valence-electron chi connectivity index (χ1n) is 30.2. The summed E-state index contributed by atoms with van der Waals surface area (Å²) in [6.45, 7) is 0. The van der Waals surface area contributed by atoms with Gasteiger partial charge in [-0.2, -0.15) is 0 Å². The monoisotopic (exact) mass is 1120 g/mol. The zero-order valence-electron chi connectivity index (χ0n) is 48.3. The molecule has 0 bridgehead atoms. The third kappa shape index (κ3) is 9.19. The summed E-state index contributed by atoms with van der Waals surface area (Å²) in [4.78, 5) is 4.75. The third-order valence-electron chi connectivity index (χ3n) is 17.3. The molecule has 0 amide bonds. The number of rotatable bonds is 13. The number of benzene rings is 14. The highest BCUT2D eigenvalue weighted by atomic mass is 15.2. The van der Waals surface area contributed by atoms with Gasteiger partial charge >= 0.3 is 0 Å². The van der Waals surface area contributed by atoms with E-state index >= 15 is 0 Å². The number of nitrogens with zero attached hydrogens (tertiary/aromatic N) is 4. The Bertz CT molecular complexity index is 4810. The number of fused-ring (bicyclic) bond motifs is 4. The number of hydrogen-bond donors (Lipinski definition) is 0. The van der Waals surface area contributed by atoms with Crippen LogP contribution in [0.15, 0.2) is 352 Å². The molecule has 2 heterocycles. The van der Waals surface area contributed by atoms with Crippen LogP contribution in [-0.2, 0) is 0 Å². The van der Waals surface area contributed by atoms with Crippen molar-refractivity contribution in [2.75, 3.05) is 9.80 Å². The second kappa shape index (κ2) is 22.4. The average molecular weight is 1120 g/mol. The number of anilines is 6. The normalized spacial score (nSPS) is 11.4. The minimum absolute atomic E-state index is 1.08. The van der Waals surface area contributed by atoms with Gasteiger partial charge in [0.1, 0.15) is 0 Å². The molecular formula is C84H58N4. The van der Waals surface area contributed by atoms with Crippen molar-refractivity contribution in [2.45, 2.75) is 0 Å². The first-order valence-corrected chi connectivity index (χ1v) is 30.2. The van der Waals surface area contributed by atoms with E-state index in [2.05, 4.69) is 371 Å². The fourth-order valence-corrected chi connectivity index (χ4v) is 13.3. The molecule has 0 radical (unpaired) electrons. The van der Waals surface area contributed by atoms with Gasteiger partial charge in [-0.3, -0.25) is 0 Å². The van der Waals surface area contributed by atoms with Gasteiger partial charge in [0.25, 0.3) is 0 Å². The van der Waals surface area contributed by atoms with Gasteiger partial charge < -0.3 is 18.9 Å². The highest BCUT2D eigenvalue weighted by molar-refractivity contribution is 6.10. The predicted molar refractivity (Wildman–Crippen MR) is 372 cm³/mol. The van der Waals surface area contributed by atoms with Crippen LogP contribution in [-0.4, -0.2) is 9.13 Å². The summed E-state index contributed by atoms with van der Waals surface area (Å²) in [6.07, 6.45) is 0. The molecule has 0 fully saturated rings. The van der Waals surface area contributed by atoms with Crippen LogP contribution in [0.3, 0.4) is 0 Å². The van der Waals surface area contributed by atoms with E-state index in [4.69, 9.17) is 0 Å². The summed E-state index contributed by atoms with van der Waals surface area (Å²) in [6, 6.07) is 128. The molecule has 0 saturated heterocycles. The second-order valence-electron chi connectivity index (χ2n) is 22.4. The summed E-state index contributed by atoms with van der Waals surface area (Å²) >= 11 is 0. The van der Waals surface area contributed by atoms with Gasteiger partial charge in [-0.15, -0.1) is 0 Å². The van der Waals surface area contributed by atoms with Crippen LogP contribution in [0.1, 0.15) is 0 Å². The first-order chi connectivity index (χ1) is 43.7. The molecule has 2 aromatic heterocycles. The van der Waals surface area contributed by atoms with Crippen molar-refractivity contribution in [3.63, 3.8) is 0 Å². The molecule has 4 nitrogen and oxygen atoms in total. The fraction of sp³-hybridized carbons (Fsp3) is 0. The van der Waals surface area contributed by atoms with Crippen LogP contribution in [0.2, 0.25) is 0 Å². The minimum Gasteiger partial charge on any atom is -0.310 e. The molecule has 16 rings (SSSR count). The maximum absolute atomic E-state index is 2.47. The van der Waals surface area contributed by atoms with Gasteiger partial charge in [-0.05, 0) is 153 Å². The molecule has 88 heavy (non-hydrogen) atoms. The van der Waals surface area contributed by atoms with Crippen LogP contribution in [0.4, 0.5) is 34.1 Å². The zero-order chi connectivity index (χ0) is 58.3. The lowest BCUT2D eigenvalue weighted by molar-refractivity contribution is 1.13. The predicted octanol–water partition coefficient (Wildman–Crippen LogP) is 23.2. The van der Waals surface area contributed by atoms with Gasteiger partial charge in [0.2, 0.25) is 0 Å². The smallest absolute Gasteiger partial charge is 0.0619 e. The van der Waals surface area contributed by atoms with Gasteiger partial charge in [0.05, 0.1) is 33.8 Å². The lowest BCUT2D eigenvalue weighted by Gasteiger charge is -2.27. The number of para-hydroxylation sites is 2. The van der Waals surface area contributed by atoms with Crippen LogP contribution in [0.5, 0.6) is 0 Å². The van der Waals surface area contributed by atoms with Crippen molar-refractivity contribution in [1.29, 1.82) is 0 Å². The van der Waals surface area contributed by atoms with E-state index in [1.165, 1.54) is 43.4 Å². The topological polar surface area (TPSA) is 16.3 Å². The van der Waals surface area contributed by atoms with Gasteiger partial charge in [0.15, 0.2) is 0 Å². The highest BCUT2D eigenvalue weighted by Crippen LogP contribution is 2.49. The molecule has 0 atom stereocenters. The summed E-state index contributed by atoms with van der Waals surface area (Å²) in [5.41, 5.74) is 22.6. The molecule has 4 heteroatoms. The summed E-state index contributed by atoms with van der Waals surface area (Å²) < 4.78 is 4.95. The Morgan fingerprint density at radius 3 is 0.886 bits per heavy atom. The highest BCUT2D eigenvalue weighted by Gasteiger charge is 2.26. The maximum Gasteiger partial charge on any atom is 0.0619 e. The third-order valence-corrected chi connectivity index (χ3v) is 17.3. The Kier molecular flexibility index (Phi) is 13.2. The van der Waals surface area contributed by atoms with E-state index in [0.717, 1.165) is 101 Å². The Labute approximate surface area is 512 Å². The molecule has 0 unspecified atom stereocenters. The fourth-order valence-electron chi connectivity index (χ4n) is 13.3. The molecule has 0 saturated carbocycles. The molecule has 0 aliphatic rings. The van der Waals surface area contributed by atoms with Crippen molar-refractivity contribution in [1.82, 2.24) is 9.13 Å². The van der Waals surface area contributed by atoms with Crippen LogP contribution in [0.25, 0.3) is 111 Å². The summed E-state index contributed by atoms with van der Waals surface area (Å²) in [7, 11) is 0. The van der Waals surface area contributed by atoms with Crippen molar-refractivity contribution >= 4 is 77.5 Å². The first kappa shape index (κ1) is 51.9. The zero-order valence-corrected chi connectivity index (χ0v) is 48.3. The average Bonchev–Trinajstić information content (AvgIpc) is 1.95. The summed E-state index contributed by atoms with van der Waals surface area (Å²) in [5.74, 6) is 0. The lowest BCUT2D eigenvalue weighted by atomic mass is 9.94. The molecule has 0 spiro atoms. The standard InChI is InChI=1S/C84H58N4/c1-7-27-61(28-8-1)81-75-57-65(45-55-79(75)87(83(81)63-31-11-3-12-32-63)71-51-47-69(48-52-71)85(67-37-15-5-16-38-67)77-43-23-35-59-25-19-21-41-73(59)77)66-46-56-80-76(58-66)82(62-29-9-2-10-30-62)84(64-33-13-4-14-34-64)88(80)72-53-49-70(50-54-72)86(68-39-17-6-18-40-68)78-44-24-36-60-26-20-22-42-74(60)78/h1-58H. The maximum atomic E-state index is 2.47. The molecule has 414 valence electrons. The molecule has 14 aromatic carbocycles. The molecule has 0 aliphatic heterocycles. The van der Waals surface area contributed by atoms with E-state index in [1.54, 1.807) is 0 Å². The minimum atomic E-state index is 1.08. The van der Waals surface area contributed by atoms with E-state index in [9.17, 15) is 0 Å². The Morgan fingerprint density at radius 2 is 0.511 bits per heavy atom. The Balaban J connectivity index is 0.873. The molecular weight excluding hydrogens is 1060 g/mol. The van der Waals surface area contributed by atoms with Gasteiger partial charge in [0, 0.05) is 66.8 Å². The Hall–Kier alpha value is -11.7. The van der Waals surface area contributed by atoms with E-state index in [0.29, 0.717) is 0 Å². The number of hydrogen-bond acceptors (Lipinski definition) is 2. The van der Waals surface area contributed by atoms with Crippen molar-refractivity contribution in [3.05, 3.63) is 352 Å². The van der Waals surface area contributed by atoms with Crippen LogP contribution < -0.4 is 9.80 Å². The quantitative estimate of drug-likeness (QED) is 0.114. The van der Waals surface area contributed by atoms with Crippen LogP contribution >= 0.6 is 0 Å². The Morgan fingerprint density at radius 1 is 0.205 bits per heavy atom. The second-order valence-corrected chi connectivity index (χ2v) is 22.4. The SMILES string of the molecule is c1ccc(-c2c(-c3ccccc3)n(-c3ccc(N(c4ccccc4)c4cccc5ccccc45)cc3)c3ccc(-c4ccc5c(c4)c(-c4ccccc4)c(-c4ccccc4)n5-c4ccc(N(c5ccccc5)c5cccc6ccccc56)cc4)cc23)cc1. The van der Waals surface area contributed by atoms with Crippen LogP contribution in [0, 0.1) is 0 Å². The van der Waals surface area contributed by atoms with Crippen molar-refractivity contribution in [2.24, 2.45) is 0 Å². The largest absolute Gasteiger partial charge is 0.310 e. The van der Waals surface area contributed by atoms with E-state index in [-0.39, 0.29) is 0 Å². The van der Waals surface area contributed by atoms with Gasteiger partial charge in [-0.1, -0.05) is 243 Å².